The first-order valence-corrected chi connectivity index (χ1v) is 9.69. The SMILES string of the molecule is COCCCN1C(=O)C(O)=C(C(=O)/C=C/c2ccccc2)C1c1cccc([N+](=O)[O-])c1. The van der Waals surface area contributed by atoms with E-state index in [2.05, 4.69) is 0 Å². The molecule has 0 saturated carbocycles. The van der Waals surface area contributed by atoms with E-state index in [1.807, 2.05) is 30.3 Å². The Balaban J connectivity index is 2.00. The number of non-ortho nitro benzene ring substituents is 1. The minimum absolute atomic E-state index is 0.102. The van der Waals surface area contributed by atoms with Gasteiger partial charge in [0, 0.05) is 32.4 Å². The van der Waals surface area contributed by atoms with Gasteiger partial charge in [0.25, 0.3) is 11.6 Å². The van der Waals surface area contributed by atoms with Crippen molar-refractivity contribution in [2.24, 2.45) is 0 Å². The molecule has 0 aliphatic carbocycles. The van der Waals surface area contributed by atoms with E-state index in [1.54, 1.807) is 12.1 Å². The number of carbonyl (C=O) groups is 2. The Hall–Kier alpha value is -3.78. The molecule has 0 spiro atoms. The van der Waals surface area contributed by atoms with Gasteiger partial charge in [0.05, 0.1) is 16.5 Å². The van der Waals surface area contributed by atoms with Crippen molar-refractivity contribution < 1.29 is 24.4 Å². The Kier molecular flexibility index (Phi) is 6.94. The van der Waals surface area contributed by atoms with E-state index in [0.717, 1.165) is 5.56 Å². The molecule has 0 bridgehead atoms. The monoisotopic (exact) mass is 422 g/mol. The number of hydrogen-bond donors (Lipinski definition) is 1. The average Bonchev–Trinajstić information content (AvgIpc) is 3.03. The molecule has 2 aromatic rings. The maximum absolute atomic E-state index is 13.0. The van der Waals surface area contributed by atoms with Crippen LogP contribution in [0.25, 0.3) is 6.08 Å². The molecule has 0 saturated heterocycles. The second-order valence-corrected chi connectivity index (χ2v) is 6.97. The van der Waals surface area contributed by atoms with Gasteiger partial charge in [-0.15, -0.1) is 0 Å². The molecule has 1 amide bonds. The lowest BCUT2D eigenvalue weighted by atomic mass is 9.95. The Morgan fingerprint density at radius 2 is 1.97 bits per heavy atom. The number of benzene rings is 2. The molecule has 2 aromatic carbocycles. The summed E-state index contributed by atoms with van der Waals surface area (Å²) in [6.07, 6.45) is 3.35. The zero-order chi connectivity index (χ0) is 22.4. The number of ketones is 1. The first-order chi connectivity index (χ1) is 14.9. The smallest absolute Gasteiger partial charge is 0.290 e. The summed E-state index contributed by atoms with van der Waals surface area (Å²) < 4.78 is 5.04. The fourth-order valence-corrected chi connectivity index (χ4v) is 3.50. The third kappa shape index (κ3) is 4.87. The maximum atomic E-state index is 13.0. The lowest BCUT2D eigenvalue weighted by molar-refractivity contribution is -0.384. The molecule has 8 nitrogen and oxygen atoms in total. The molecule has 1 N–H and O–H groups in total. The Labute approximate surface area is 179 Å². The number of aliphatic hydroxyl groups excluding tert-OH is 1. The summed E-state index contributed by atoms with van der Waals surface area (Å²) in [5, 5.41) is 21.8. The van der Waals surface area contributed by atoms with E-state index >= 15 is 0 Å². The van der Waals surface area contributed by atoms with Crippen LogP contribution in [-0.2, 0) is 14.3 Å². The van der Waals surface area contributed by atoms with E-state index in [0.29, 0.717) is 18.6 Å². The highest BCUT2D eigenvalue weighted by molar-refractivity contribution is 6.14. The fourth-order valence-electron chi connectivity index (χ4n) is 3.50. The molecule has 1 atom stereocenters. The molecule has 0 aromatic heterocycles. The van der Waals surface area contributed by atoms with Gasteiger partial charge in [-0.05, 0) is 23.6 Å². The van der Waals surface area contributed by atoms with Crippen LogP contribution in [0, 0.1) is 10.1 Å². The van der Waals surface area contributed by atoms with Crippen LogP contribution < -0.4 is 0 Å². The van der Waals surface area contributed by atoms with E-state index < -0.39 is 28.4 Å². The van der Waals surface area contributed by atoms with Crippen LogP contribution in [0.1, 0.15) is 23.6 Å². The van der Waals surface area contributed by atoms with Gasteiger partial charge in [-0.3, -0.25) is 19.7 Å². The summed E-state index contributed by atoms with van der Waals surface area (Å²) in [6.45, 7) is 0.590. The third-order valence-electron chi connectivity index (χ3n) is 4.94. The maximum Gasteiger partial charge on any atom is 0.290 e. The molecule has 1 aliphatic heterocycles. The van der Waals surface area contributed by atoms with Gasteiger partial charge in [0.15, 0.2) is 11.5 Å². The number of amides is 1. The van der Waals surface area contributed by atoms with Crippen molar-refractivity contribution in [1.82, 2.24) is 4.90 Å². The summed E-state index contributed by atoms with van der Waals surface area (Å²) in [4.78, 5) is 37.8. The predicted octanol–water partition coefficient (Wildman–Crippen LogP) is 3.61. The highest BCUT2D eigenvalue weighted by Gasteiger charge is 2.42. The summed E-state index contributed by atoms with van der Waals surface area (Å²) in [6, 6.07) is 13.9. The second kappa shape index (κ2) is 9.82. The van der Waals surface area contributed by atoms with Crippen molar-refractivity contribution in [3.8, 4) is 0 Å². The van der Waals surface area contributed by atoms with E-state index in [-0.39, 0.29) is 17.8 Å². The molecular formula is C23H22N2O6. The van der Waals surface area contributed by atoms with Gasteiger partial charge >= 0.3 is 0 Å². The highest BCUT2D eigenvalue weighted by atomic mass is 16.6. The second-order valence-electron chi connectivity index (χ2n) is 6.97. The molecule has 3 rings (SSSR count). The Morgan fingerprint density at radius 1 is 1.23 bits per heavy atom. The number of allylic oxidation sites excluding steroid dienone is 1. The minimum atomic E-state index is -0.933. The molecule has 0 radical (unpaired) electrons. The van der Waals surface area contributed by atoms with Crippen molar-refractivity contribution in [2.45, 2.75) is 12.5 Å². The number of methoxy groups -OCH3 is 1. The molecule has 0 fully saturated rings. The van der Waals surface area contributed by atoms with Crippen LogP contribution >= 0.6 is 0 Å². The molecule has 1 aliphatic rings. The topological polar surface area (TPSA) is 110 Å². The molecular weight excluding hydrogens is 400 g/mol. The van der Waals surface area contributed by atoms with Crippen LogP contribution in [0.4, 0.5) is 5.69 Å². The lowest BCUT2D eigenvalue weighted by Gasteiger charge is -2.26. The largest absolute Gasteiger partial charge is 0.503 e. The minimum Gasteiger partial charge on any atom is -0.503 e. The summed E-state index contributed by atoms with van der Waals surface area (Å²) >= 11 is 0. The highest BCUT2D eigenvalue weighted by Crippen LogP contribution is 2.39. The molecule has 8 heteroatoms. The fraction of sp³-hybridized carbons (Fsp3) is 0.217. The molecule has 1 heterocycles. The zero-order valence-electron chi connectivity index (χ0n) is 16.9. The van der Waals surface area contributed by atoms with Crippen LogP contribution in [0.15, 0.2) is 72.0 Å². The molecule has 31 heavy (non-hydrogen) atoms. The van der Waals surface area contributed by atoms with Gasteiger partial charge in [-0.25, -0.2) is 0 Å². The van der Waals surface area contributed by atoms with E-state index in [9.17, 15) is 24.8 Å². The normalized spacial score (nSPS) is 16.4. The van der Waals surface area contributed by atoms with E-state index in [4.69, 9.17) is 4.74 Å². The number of hydrogen-bond acceptors (Lipinski definition) is 6. The number of rotatable bonds is 9. The lowest BCUT2D eigenvalue weighted by Crippen LogP contribution is -2.32. The number of aliphatic hydroxyl groups is 1. The van der Waals surface area contributed by atoms with E-state index in [1.165, 1.54) is 36.3 Å². The van der Waals surface area contributed by atoms with Crippen molar-refractivity contribution in [3.05, 3.63) is 93.2 Å². The van der Waals surface area contributed by atoms with Crippen LogP contribution in [0.2, 0.25) is 0 Å². The average molecular weight is 422 g/mol. The van der Waals surface area contributed by atoms with Crippen molar-refractivity contribution in [1.29, 1.82) is 0 Å². The Morgan fingerprint density at radius 3 is 2.65 bits per heavy atom. The number of nitro groups is 1. The standard InChI is InChI=1S/C23H22N2O6/c1-31-14-6-13-24-21(17-9-5-10-18(15-17)25(29)30)20(22(27)23(24)28)19(26)12-11-16-7-3-2-4-8-16/h2-5,7-12,15,21,27H,6,13-14H2,1H3/b12-11+. The van der Waals surface area contributed by atoms with Crippen LogP contribution in [0.3, 0.4) is 0 Å². The van der Waals surface area contributed by atoms with Crippen LogP contribution in [-0.4, -0.2) is 46.9 Å². The van der Waals surface area contributed by atoms with Gasteiger partial charge < -0.3 is 14.7 Å². The quantitative estimate of drug-likeness (QED) is 0.286. The van der Waals surface area contributed by atoms with Gasteiger partial charge in [0.2, 0.25) is 0 Å². The first-order valence-electron chi connectivity index (χ1n) is 9.69. The van der Waals surface area contributed by atoms with Crippen molar-refractivity contribution in [3.63, 3.8) is 0 Å². The number of nitrogens with zero attached hydrogens (tertiary/aromatic N) is 2. The van der Waals surface area contributed by atoms with Crippen molar-refractivity contribution >= 4 is 23.5 Å². The first kappa shape index (κ1) is 21.9. The van der Waals surface area contributed by atoms with Crippen molar-refractivity contribution in [2.75, 3.05) is 20.3 Å². The Bertz CT molecular complexity index is 1050. The molecule has 160 valence electrons. The van der Waals surface area contributed by atoms with Gasteiger partial charge in [0.1, 0.15) is 0 Å². The molecule has 1 unspecified atom stereocenters. The number of ether oxygens (including phenoxy) is 1. The predicted molar refractivity (Wildman–Crippen MR) is 114 cm³/mol. The number of nitro benzene ring substituents is 1. The summed E-state index contributed by atoms with van der Waals surface area (Å²) in [7, 11) is 1.53. The third-order valence-corrected chi connectivity index (χ3v) is 4.94. The number of carbonyl (C=O) groups excluding carboxylic acids is 2. The summed E-state index contributed by atoms with van der Waals surface area (Å²) in [5.74, 6) is -1.87. The van der Waals surface area contributed by atoms with Crippen LogP contribution in [0.5, 0.6) is 0 Å². The zero-order valence-corrected chi connectivity index (χ0v) is 16.9. The summed E-state index contributed by atoms with van der Waals surface area (Å²) in [5.41, 5.74) is 0.888. The van der Waals surface area contributed by atoms with Gasteiger partial charge in [-0.2, -0.15) is 0 Å². The van der Waals surface area contributed by atoms with Gasteiger partial charge in [-0.1, -0.05) is 48.5 Å².